The van der Waals surface area contributed by atoms with Gasteiger partial charge in [0.1, 0.15) is 17.7 Å². The highest BCUT2D eigenvalue weighted by Gasteiger charge is 2.46. The second kappa shape index (κ2) is 11.5. The normalized spacial score (nSPS) is 18.3. The zero-order chi connectivity index (χ0) is 29.4. The largest absolute Gasteiger partial charge is 0.493 e. The lowest BCUT2D eigenvalue weighted by Gasteiger charge is -2.33. The second-order valence-corrected chi connectivity index (χ2v) is 12.2. The molecule has 1 saturated carbocycles. The highest BCUT2D eigenvalue weighted by Crippen LogP contribution is 2.46. The summed E-state index contributed by atoms with van der Waals surface area (Å²) in [6.07, 6.45) is -2.65. The monoisotopic (exact) mass is 606 g/mol. The Hall–Kier alpha value is -2.90. The Morgan fingerprint density at radius 1 is 1.15 bits per heavy atom. The Kier molecular flexibility index (Phi) is 8.67. The fraction of sp³-hybridized carbons (Fsp3) is 0.462. The number of ether oxygens (including phenoxy) is 1. The van der Waals surface area contributed by atoms with Gasteiger partial charge in [-0.1, -0.05) is 28.2 Å². The van der Waals surface area contributed by atoms with Crippen LogP contribution in [-0.2, 0) is 26.2 Å². The van der Waals surface area contributed by atoms with E-state index >= 15 is 4.39 Å². The first-order valence-electron chi connectivity index (χ1n) is 12.4. The van der Waals surface area contributed by atoms with Gasteiger partial charge < -0.3 is 9.57 Å². The minimum Gasteiger partial charge on any atom is -0.489 e. The third kappa shape index (κ3) is 7.24. The van der Waals surface area contributed by atoms with E-state index in [0.717, 1.165) is 36.2 Å². The van der Waals surface area contributed by atoms with E-state index in [1.54, 1.807) is 0 Å². The molecule has 2 aromatic carbocycles. The van der Waals surface area contributed by atoms with Crippen LogP contribution in [0.4, 0.5) is 17.6 Å². The van der Waals surface area contributed by atoms with Gasteiger partial charge in [0.05, 0.1) is 11.8 Å². The maximum Gasteiger partial charge on any atom is 0.493 e. The first-order valence-corrected chi connectivity index (χ1v) is 14.7. The number of hydrogen-bond acceptors (Lipinski definition) is 7. The predicted octanol–water partition coefficient (Wildman–Crippen LogP) is 5.13. The van der Waals surface area contributed by atoms with Gasteiger partial charge in [0.25, 0.3) is 10.0 Å². The SMILES string of the molecule is Cc1ccc(CN2CCC[C@@H](Oc3cc(F)c(C(=O)N(OC(=O)C(F)(F)F)S(C)(=O)=O)cc3C3CC3)C2)cc1Cl. The molecule has 1 aliphatic heterocycles. The second-order valence-electron chi connectivity index (χ2n) is 10.0. The number of rotatable bonds is 7. The minimum atomic E-state index is -5.59. The molecule has 2 fully saturated rings. The maximum absolute atomic E-state index is 15.2. The van der Waals surface area contributed by atoms with Crippen molar-refractivity contribution >= 4 is 33.5 Å². The Balaban J connectivity index is 1.54. The molecule has 1 saturated heterocycles. The molecule has 2 aromatic rings. The fourth-order valence-corrected chi connectivity index (χ4v) is 5.27. The van der Waals surface area contributed by atoms with E-state index in [1.165, 1.54) is 0 Å². The van der Waals surface area contributed by atoms with Crippen LogP contribution in [0.5, 0.6) is 5.75 Å². The number of alkyl halides is 3. The zero-order valence-electron chi connectivity index (χ0n) is 21.6. The van der Waals surface area contributed by atoms with Gasteiger partial charge in [-0.15, -0.1) is 0 Å². The van der Waals surface area contributed by atoms with Gasteiger partial charge in [-0.2, -0.15) is 13.2 Å². The van der Waals surface area contributed by atoms with E-state index < -0.39 is 43.9 Å². The molecule has 40 heavy (non-hydrogen) atoms. The minimum absolute atomic E-state index is 0.110. The quantitative estimate of drug-likeness (QED) is 0.319. The molecule has 1 atom stereocenters. The maximum atomic E-state index is 15.2. The summed E-state index contributed by atoms with van der Waals surface area (Å²) in [5.74, 6) is -5.89. The van der Waals surface area contributed by atoms with E-state index in [1.807, 2.05) is 25.1 Å². The predicted molar refractivity (Wildman–Crippen MR) is 137 cm³/mol. The third-order valence-electron chi connectivity index (χ3n) is 6.61. The van der Waals surface area contributed by atoms with Gasteiger partial charge >= 0.3 is 18.1 Å². The molecule has 2 aliphatic rings. The van der Waals surface area contributed by atoms with E-state index in [9.17, 15) is 31.2 Å². The van der Waals surface area contributed by atoms with Gasteiger partial charge in [-0.3, -0.25) is 9.69 Å². The number of nitrogens with zero attached hydrogens (tertiary/aromatic N) is 2. The number of hydroxylamine groups is 1. The van der Waals surface area contributed by atoms with Crippen molar-refractivity contribution in [3.63, 3.8) is 0 Å². The Bertz CT molecular complexity index is 1410. The van der Waals surface area contributed by atoms with Crippen molar-refractivity contribution in [2.45, 2.75) is 57.3 Å². The van der Waals surface area contributed by atoms with Crippen molar-refractivity contribution in [1.82, 2.24) is 9.37 Å². The number of sulfonamides is 1. The molecule has 0 unspecified atom stereocenters. The standard InChI is InChI=1S/C26H27ClF4N2O6S/c1-15-5-6-16(10-21(15)27)13-32-9-3-4-18(14-32)38-23-12-22(28)20(11-19(23)17-7-8-17)24(34)33(40(2,36)37)39-25(35)26(29,30)31/h5-6,10-12,17-18H,3-4,7-9,13-14H2,1-2H3/t18-/m1/s1. The van der Waals surface area contributed by atoms with Crippen molar-refractivity contribution in [3.8, 4) is 5.75 Å². The summed E-state index contributed by atoms with van der Waals surface area (Å²) in [5, 5.41) is 0.670. The van der Waals surface area contributed by atoms with E-state index in [4.69, 9.17) is 16.3 Å². The van der Waals surface area contributed by atoms with Gasteiger partial charge in [-0.05, 0) is 73.9 Å². The van der Waals surface area contributed by atoms with Crippen LogP contribution in [0.2, 0.25) is 5.02 Å². The molecule has 0 bridgehead atoms. The molecule has 1 heterocycles. The molecule has 0 aromatic heterocycles. The number of carbonyl (C=O) groups is 2. The molecular weight excluding hydrogens is 580 g/mol. The zero-order valence-corrected chi connectivity index (χ0v) is 23.2. The molecular formula is C26H27ClF4N2O6S. The van der Waals surface area contributed by atoms with Crippen LogP contribution in [0.25, 0.3) is 0 Å². The molecule has 0 N–H and O–H groups in total. The number of hydrogen-bond donors (Lipinski definition) is 0. The number of likely N-dealkylation sites (tertiary alicyclic amines) is 1. The third-order valence-corrected chi connectivity index (χ3v) is 7.86. The molecule has 8 nitrogen and oxygen atoms in total. The topological polar surface area (TPSA) is 93.2 Å². The summed E-state index contributed by atoms with van der Waals surface area (Å²) in [7, 11) is -4.84. The number of amides is 1. The van der Waals surface area contributed by atoms with Gasteiger partial charge in [0.2, 0.25) is 0 Å². The van der Waals surface area contributed by atoms with Crippen molar-refractivity contribution in [2.24, 2.45) is 0 Å². The van der Waals surface area contributed by atoms with Crippen LogP contribution in [0.3, 0.4) is 0 Å². The fourth-order valence-electron chi connectivity index (χ4n) is 4.46. The molecule has 218 valence electrons. The van der Waals surface area contributed by atoms with Crippen LogP contribution >= 0.6 is 11.6 Å². The number of carbonyl (C=O) groups excluding carboxylic acids is 2. The highest BCUT2D eigenvalue weighted by atomic mass is 35.5. The highest BCUT2D eigenvalue weighted by molar-refractivity contribution is 7.88. The van der Waals surface area contributed by atoms with Crippen molar-refractivity contribution in [2.75, 3.05) is 19.3 Å². The lowest BCUT2D eigenvalue weighted by atomic mass is 10.0. The lowest BCUT2D eigenvalue weighted by Crippen LogP contribution is -2.42. The van der Waals surface area contributed by atoms with Crippen molar-refractivity contribution < 1.29 is 45.1 Å². The van der Waals surface area contributed by atoms with Crippen molar-refractivity contribution in [1.29, 1.82) is 0 Å². The average Bonchev–Trinajstić information content (AvgIpc) is 3.69. The summed E-state index contributed by atoms with van der Waals surface area (Å²) >= 11 is 6.25. The van der Waals surface area contributed by atoms with Gasteiger partial charge in [-0.25, -0.2) is 17.6 Å². The molecule has 1 amide bonds. The Morgan fingerprint density at radius 2 is 1.85 bits per heavy atom. The summed E-state index contributed by atoms with van der Waals surface area (Å²) in [6, 6.07) is 7.82. The number of benzene rings is 2. The molecule has 1 aliphatic carbocycles. The number of halogens is 5. The van der Waals surface area contributed by atoms with Crippen LogP contribution in [-0.4, -0.2) is 61.3 Å². The molecule has 0 radical (unpaired) electrons. The lowest BCUT2D eigenvalue weighted by molar-refractivity contribution is -0.216. The van der Waals surface area contributed by atoms with E-state index in [-0.39, 0.29) is 17.8 Å². The Labute approximate surface area is 233 Å². The van der Waals surface area contributed by atoms with Gasteiger partial charge in [0, 0.05) is 24.2 Å². The van der Waals surface area contributed by atoms with Crippen molar-refractivity contribution in [3.05, 3.63) is 63.4 Å². The first-order chi connectivity index (χ1) is 18.6. The smallest absolute Gasteiger partial charge is 0.489 e. The van der Waals surface area contributed by atoms with E-state index in [2.05, 4.69) is 9.74 Å². The average molecular weight is 607 g/mol. The summed E-state index contributed by atoms with van der Waals surface area (Å²) < 4.78 is 82.6. The summed E-state index contributed by atoms with van der Waals surface area (Å²) in [4.78, 5) is 30.1. The molecule has 14 heteroatoms. The van der Waals surface area contributed by atoms with E-state index in [0.29, 0.717) is 49.2 Å². The van der Waals surface area contributed by atoms with Crippen LogP contribution < -0.4 is 4.74 Å². The molecule has 4 rings (SSSR count). The van der Waals surface area contributed by atoms with Gasteiger partial charge in [0.15, 0.2) is 0 Å². The Morgan fingerprint density at radius 3 is 2.45 bits per heavy atom. The van der Waals surface area contributed by atoms with Crippen LogP contribution in [0.15, 0.2) is 30.3 Å². The van der Waals surface area contributed by atoms with Crippen LogP contribution in [0, 0.1) is 12.7 Å². The molecule has 0 spiro atoms. The summed E-state index contributed by atoms with van der Waals surface area (Å²) in [6.45, 7) is 3.91. The van der Waals surface area contributed by atoms with Crippen LogP contribution in [0.1, 0.15) is 58.6 Å². The number of piperidine rings is 1. The number of aryl methyl sites for hydroxylation is 1. The first kappa shape index (κ1) is 30.1. The summed E-state index contributed by atoms with van der Waals surface area (Å²) in [5.41, 5.74) is 1.56.